The molecular formula is C94H81N3. The number of hydrogen-bond donors (Lipinski definition) is 0. The number of para-hydroxylation sites is 6. The van der Waals surface area contributed by atoms with Gasteiger partial charge in [0, 0.05) is 64.6 Å². The van der Waals surface area contributed by atoms with E-state index in [0.717, 1.165) is 0 Å². The van der Waals surface area contributed by atoms with Gasteiger partial charge in [-0.2, -0.15) is 0 Å². The number of aromatic nitrogens is 3. The summed E-state index contributed by atoms with van der Waals surface area (Å²) in [4.78, 5) is 0. The predicted molar refractivity (Wildman–Crippen MR) is 420 cm³/mol. The van der Waals surface area contributed by atoms with Crippen LogP contribution < -0.4 is 0 Å². The summed E-state index contributed by atoms with van der Waals surface area (Å²) in [5, 5.41) is 16.4. The number of fused-ring (bicyclic) bond motifs is 26. The summed E-state index contributed by atoms with van der Waals surface area (Å²) in [5.74, 6) is 0. The Hall–Kier alpha value is -10.7. The zero-order chi connectivity index (χ0) is 66.6. The van der Waals surface area contributed by atoms with Crippen LogP contribution in [0.5, 0.6) is 0 Å². The largest absolute Gasteiger partial charge is 0.308 e. The molecular weight excluding hydrogens is 1170 g/mol. The van der Waals surface area contributed by atoms with Gasteiger partial charge in [0.25, 0.3) is 0 Å². The average molecular weight is 1250 g/mol. The maximum atomic E-state index is 2.45. The van der Waals surface area contributed by atoms with E-state index in [4.69, 9.17) is 0 Å². The van der Waals surface area contributed by atoms with Crippen LogP contribution in [-0.2, 0) is 21.7 Å². The molecule has 3 nitrogen and oxygen atoms in total. The van der Waals surface area contributed by atoms with Crippen molar-refractivity contribution in [2.75, 3.05) is 0 Å². The molecule has 1 aliphatic carbocycles. The molecule has 0 spiro atoms. The highest BCUT2D eigenvalue weighted by Crippen LogP contribution is 2.50. The quantitative estimate of drug-likeness (QED) is 0.144. The van der Waals surface area contributed by atoms with Crippen LogP contribution in [0.15, 0.2) is 273 Å². The standard InChI is InChI=1S/C28H24.3C22H19N/c1-28(2,3)19-16-17-26-24-14-7-6-12-22(24)20-10-4-5-11-21(20)23-13-8-9-15-25(23)27(26)18-19;1-22(2,3)14-12-17-15-8-4-6-10-19(15)23-20-11-7-5-9-16(20)18(13-14)21(17)23;1-22(2,3)17-13-12-15-14-8-4-6-10-18(14)23-19-11-7-5-9-16(19)20(17)21(15)23;1-22(2,3)14-11-12-20-18(13-14)17-9-6-8-16-15-7-4-5-10-19(15)23(20)21(16)17/h4-18H,1-3H3;3*4-13H,1-3H3. The maximum absolute atomic E-state index is 2.45. The Balaban J connectivity index is 0.0000000978. The molecule has 13 aromatic carbocycles. The fourth-order valence-corrected chi connectivity index (χ4v) is 16.2. The van der Waals surface area contributed by atoms with Crippen molar-refractivity contribution in [1.82, 2.24) is 13.2 Å². The van der Waals surface area contributed by atoms with Gasteiger partial charge >= 0.3 is 0 Å². The molecule has 0 atom stereocenters. The third-order valence-electron chi connectivity index (χ3n) is 21.0. The molecule has 1 aliphatic rings. The molecule has 3 heteroatoms. The highest BCUT2D eigenvalue weighted by molar-refractivity contribution is 6.26. The fraction of sp³-hybridized carbons (Fsp3) is 0.170. The van der Waals surface area contributed by atoms with Gasteiger partial charge in [0.2, 0.25) is 0 Å². The molecule has 0 N–H and O–H groups in total. The SMILES string of the molecule is CC(C)(C)c1cc2c3ccccc3n3c4ccccc4c(c1)c23.CC(C)(C)c1ccc2c(c1)-c1ccccc1-c1ccccc1-c1ccccc1-2.CC(C)(C)c1ccc2c(c1)c1cccc3c4ccccc4n2c31.CC(C)(C)c1ccc2c3ccccc3n3c4ccccc4c1c23. The molecule has 0 unspecified atom stereocenters. The summed E-state index contributed by atoms with van der Waals surface area (Å²) < 4.78 is 7.31. The van der Waals surface area contributed by atoms with Crippen LogP contribution >= 0.6 is 0 Å². The minimum Gasteiger partial charge on any atom is -0.308 e. The molecule has 19 aromatic rings. The zero-order valence-electron chi connectivity index (χ0n) is 57.8. The van der Waals surface area contributed by atoms with Gasteiger partial charge in [0.15, 0.2) is 0 Å². The van der Waals surface area contributed by atoms with E-state index in [-0.39, 0.29) is 21.7 Å². The van der Waals surface area contributed by atoms with E-state index in [1.807, 2.05) is 0 Å². The lowest BCUT2D eigenvalue weighted by molar-refractivity contribution is 0.590. The lowest BCUT2D eigenvalue weighted by Gasteiger charge is -2.26. The minimum atomic E-state index is 0.115. The molecule has 0 saturated heterocycles. The molecule has 0 aliphatic heterocycles. The number of hydrogen-bond acceptors (Lipinski definition) is 0. The number of rotatable bonds is 0. The Morgan fingerprint density at radius 3 is 0.928 bits per heavy atom. The van der Waals surface area contributed by atoms with Gasteiger partial charge in [-0.1, -0.05) is 295 Å². The Labute approximate surface area is 568 Å². The van der Waals surface area contributed by atoms with Gasteiger partial charge in [0.1, 0.15) is 0 Å². The second-order valence-electron chi connectivity index (χ2n) is 31.2. The smallest absolute Gasteiger partial charge is 0.0623 e. The molecule has 0 amide bonds. The first-order valence-electron chi connectivity index (χ1n) is 34.7. The van der Waals surface area contributed by atoms with E-state index >= 15 is 0 Å². The zero-order valence-corrected chi connectivity index (χ0v) is 57.8. The van der Waals surface area contributed by atoms with Crippen molar-refractivity contribution in [3.05, 3.63) is 295 Å². The third-order valence-corrected chi connectivity index (χ3v) is 21.0. The second-order valence-corrected chi connectivity index (χ2v) is 31.2. The lowest BCUT2D eigenvalue weighted by Crippen LogP contribution is -2.11. The van der Waals surface area contributed by atoms with Crippen molar-refractivity contribution < 1.29 is 0 Å². The summed E-state index contributed by atoms with van der Waals surface area (Å²) in [6.07, 6.45) is 0. The van der Waals surface area contributed by atoms with Crippen molar-refractivity contribution in [3.8, 4) is 44.5 Å². The van der Waals surface area contributed by atoms with E-state index in [9.17, 15) is 0 Å². The van der Waals surface area contributed by atoms with Gasteiger partial charge in [-0.05, 0) is 149 Å². The highest BCUT2D eigenvalue weighted by Gasteiger charge is 2.28. The highest BCUT2D eigenvalue weighted by atomic mass is 14.9. The molecule has 0 bridgehead atoms. The molecule has 0 radical (unpaired) electrons. The van der Waals surface area contributed by atoms with Crippen LogP contribution in [-0.4, -0.2) is 13.2 Å². The summed E-state index contributed by atoms with van der Waals surface area (Å²) in [6.45, 7) is 27.5. The van der Waals surface area contributed by atoms with Gasteiger partial charge in [-0.25, -0.2) is 0 Å². The number of benzene rings is 13. The van der Waals surface area contributed by atoms with Crippen LogP contribution in [0.4, 0.5) is 0 Å². The van der Waals surface area contributed by atoms with Crippen molar-refractivity contribution in [2.45, 2.75) is 105 Å². The first kappa shape index (κ1) is 60.0. The van der Waals surface area contributed by atoms with Gasteiger partial charge in [-0.3, -0.25) is 0 Å². The second kappa shape index (κ2) is 21.9. The van der Waals surface area contributed by atoms with Gasteiger partial charge in [0.05, 0.1) is 49.7 Å². The molecule has 472 valence electrons. The van der Waals surface area contributed by atoms with Crippen LogP contribution in [0.1, 0.15) is 105 Å². The van der Waals surface area contributed by atoms with Crippen LogP contribution in [0.25, 0.3) is 159 Å². The van der Waals surface area contributed by atoms with Gasteiger partial charge < -0.3 is 13.2 Å². The number of nitrogens with zero attached hydrogens (tertiary/aromatic N) is 3. The first-order valence-corrected chi connectivity index (χ1v) is 34.7. The van der Waals surface area contributed by atoms with Crippen molar-refractivity contribution in [2.24, 2.45) is 0 Å². The summed E-state index contributed by atoms with van der Waals surface area (Å²) in [7, 11) is 0. The predicted octanol–water partition coefficient (Wildman–Crippen LogP) is 26.4. The summed E-state index contributed by atoms with van der Waals surface area (Å²) in [6, 6.07) is 100. The van der Waals surface area contributed by atoms with E-state index in [0.29, 0.717) is 0 Å². The van der Waals surface area contributed by atoms with E-state index in [1.54, 1.807) is 0 Å². The van der Waals surface area contributed by atoms with Crippen molar-refractivity contribution in [3.63, 3.8) is 0 Å². The molecule has 97 heavy (non-hydrogen) atoms. The van der Waals surface area contributed by atoms with Crippen molar-refractivity contribution in [1.29, 1.82) is 0 Å². The minimum absolute atomic E-state index is 0.115. The summed E-state index contributed by atoms with van der Waals surface area (Å²) >= 11 is 0. The fourth-order valence-electron chi connectivity index (χ4n) is 16.2. The monoisotopic (exact) mass is 1250 g/mol. The molecule has 0 fully saturated rings. The van der Waals surface area contributed by atoms with Crippen LogP contribution in [0, 0.1) is 0 Å². The topological polar surface area (TPSA) is 13.2 Å². The van der Waals surface area contributed by atoms with Crippen LogP contribution in [0.2, 0.25) is 0 Å². The molecule has 20 rings (SSSR count). The Morgan fingerprint density at radius 1 is 0.186 bits per heavy atom. The van der Waals surface area contributed by atoms with E-state index < -0.39 is 0 Å². The molecule has 6 heterocycles. The normalized spacial score (nSPS) is 12.7. The lowest BCUT2D eigenvalue weighted by atomic mass is 9.78. The molecule has 0 saturated carbocycles. The van der Waals surface area contributed by atoms with Gasteiger partial charge in [-0.15, -0.1) is 0 Å². The Bertz CT molecular complexity index is 6190. The Kier molecular flexibility index (Phi) is 13.5. The van der Waals surface area contributed by atoms with Crippen LogP contribution in [0.3, 0.4) is 0 Å². The Morgan fingerprint density at radius 2 is 0.485 bits per heavy atom. The first-order chi connectivity index (χ1) is 46.7. The molecule has 6 aromatic heterocycles. The summed E-state index contributed by atoms with van der Waals surface area (Å²) in [5.41, 5.74) is 28.5. The van der Waals surface area contributed by atoms with E-state index in [2.05, 4.69) is 369 Å². The van der Waals surface area contributed by atoms with E-state index in [1.165, 1.54) is 181 Å². The third kappa shape index (κ3) is 9.44. The maximum Gasteiger partial charge on any atom is 0.0623 e. The average Bonchev–Trinajstić information content (AvgIpc) is 1.57. The van der Waals surface area contributed by atoms with Crippen molar-refractivity contribution >= 4 is 114 Å².